The van der Waals surface area contributed by atoms with Gasteiger partial charge < -0.3 is 10.2 Å². The van der Waals surface area contributed by atoms with Gasteiger partial charge in [-0.2, -0.15) is 0 Å². The highest BCUT2D eigenvalue weighted by Crippen LogP contribution is 2.22. The summed E-state index contributed by atoms with van der Waals surface area (Å²) in [5, 5.41) is 2.99. The monoisotopic (exact) mass is 351 g/mol. The molecule has 1 N–H and O–H groups in total. The van der Waals surface area contributed by atoms with Crippen molar-refractivity contribution in [3.63, 3.8) is 0 Å². The molecule has 2 aromatic rings. The fourth-order valence-corrected chi connectivity index (χ4v) is 3.35. The summed E-state index contributed by atoms with van der Waals surface area (Å²) in [6.07, 6.45) is 7.12. The number of para-hydroxylation sites is 1. The summed E-state index contributed by atoms with van der Waals surface area (Å²) in [5.74, 6) is -0.285. The number of aryl methyl sites for hydroxylation is 2. The zero-order chi connectivity index (χ0) is 18.5. The van der Waals surface area contributed by atoms with Crippen LogP contribution >= 0.6 is 0 Å². The molecule has 136 valence electrons. The average Bonchev–Trinajstić information content (AvgIpc) is 2.69. The third kappa shape index (κ3) is 3.93. The van der Waals surface area contributed by atoms with Gasteiger partial charge in [-0.05, 0) is 49.8 Å². The van der Waals surface area contributed by atoms with E-state index in [1.807, 2.05) is 30.0 Å². The zero-order valence-corrected chi connectivity index (χ0v) is 15.4. The maximum atomic E-state index is 12.7. The Kier molecular flexibility index (Phi) is 5.66. The molecule has 1 saturated heterocycles. The molecular formula is C21H25N3O2. The standard InChI is InChI=1S/C21H25N3O2/c1-3-16-9-7-8-15(2)19(16)23-20(25)17-12-18(14-22-13-17)21(26)24-10-5-4-6-11-24/h7-9,12-14H,3-6,10-11H2,1-2H3,(H,23,25). The molecule has 1 aromatic heterocycles. The Morgan fingerprint density at radius 3 is 2.58 bits per heavy atom. The predicted molar refractivity (Wildman–Crippen MR) is 103 cm³/mol. The van der Waals surface area contributed by atoms with Gasteiger partial charge in [0.2, 0.25) is 0 Å². The number of nitrogens with zero attached hydrogens (tertiary/aromatic N) is 2. The topological polar surface area (TPSA) is 62.3 Å². The second-order valence-electron chi connectivity index (χ2n) is 6.73. The number of carbonyl (C=O) groups is 2. The first-order chi connectivity index (χ1) is 12.6. The van der Waals surface area contributed by atoms with Crippen LogP contribution in [0.5, 0.6) is 0 Å². The Bertz CT molecular complexity index is 811. The number of nitrogens with one attached hydrogen (secondary N) is 1. The molecule has 1 aliphatic heterocycles. The third-order valence-corrected chi connectivity index (χ3v) is 4.87. The predicted octanol–water partition coefficient (Wildman–Crippen LogP) is 3.83. The van der Waals surface area contributed by atoms with Gasteiger partial charge in [0.05, 0.1) is 11.1 Å². The molecule has 1 aliphatic rings. The summed E-state index contributed by atoms with van der Waals surface area (Å²) >= 11 is 0. The molecule has 5 nitrogen and oxygen atoms in total. The van der Waals surface area contributed by atoms with Crippen molar-refractivity contribution in [3.05, 3.63) is 58.9 Å². The van der Waals surface area contributed by atoms with Crippen LogP contribution in [0, 0.1) is 6.92 Å². The molecule has 2 heterocycles. The average molecular weight is 351 g/mol. The van der Waals surface area contributed by atoms with Crippen molar-refractivity contribution in [3.8, 4) is 0 Å². The van der Waals surface area contributed by atoms with Gasteiger partial charge in [-0.1, -0.05) is 25.1 Å². The molecule has 1 aromatic carbocycles. The molecule has 1 fully saturated rings. The number of anilines is 1. The number of carbonyl (C=O) groups excluding carboxylic acids is 2. The SMILES string of the molecule is CCc1cccc(C)c1NC(=O)c1cncc(C(=O)N2CCCCC2)c1. The van der Waals surface area contributed by atoms with Crippen LogP contribution in [0.25, 0.3) is 0 Å². The minimum atomic E-state index is -0.241. The minimum absolute atomic E-state index is 0.0445. The van der Waals surface area contributed by atoms with Gasteiger partial charge in [-0.25, -0.2) is 0 Å². The highest BCUT2D eigenvalue weighted by molar-refractivity contribution is 6.06. The van der Waals surface area contributed by atoms with E-state index in [-0.39, 0.29) is 11.8 Å². The van der Waals surface area contributed by atoms with Crippen LogP contribution in [0.3, 0.4) is 0 Å². The summed E-state index contributed by atoms with van der Waals surface area (Å²) in [5.41, 5.74) is 3.82. The molecule has 0 spiro atoms. The molecule has 0 saturated carbocycles. The second-order valence-corrected chi connectivity index (χ2v) is 6.73. The van der Waals surface area contributed by atoms with Crippen LogP contribution in [0.15, 0.2) is 36.7 Å². The number of hydrogen-bond donors (Lipinski definition) is 1. The molecule has 0 unspecified atom stereocenters. The lowest BCUT2D eigenvalue weighted by Crippen LogP contribution is -2.35. The molecule has 0 atom stereocenters. The molecule has 5 heteroatoms. The quantitative estimate of drug-likeness (QED) is 0.910. The number of benzene rings is 1. The number of likely N-dealkylation sites (tertiary alicyclic amines) is 1. The molecular weight excluding hydrogens is 326 g/mol. The number of amides is 2. The molecule has 0 radical (unpaired) electrons. The van der Waals surface area contributed by atoms with E-state index in [0.717, 1.165) is 49.2 Å². The number of pyridine rings is 1. The van der Waals surface area contributed by atoms with Gasteiger partial charge in [0, 0.05) is 31.2 Å². The van der Waals surface area contributed by atoms with Crippen LogP contribution < -0.4 is 5.32 Å². The van der Waals surface area contributed by atoms with Crippen LogP contribution in [-0.4, -0.2) is 34.8 Å². The molecule has 3 rings (SSSR count). The van der Waals surface area contributed by atoms with Gasteiger partial charge in [0.25, 0.3) is 11.8 Å². The van der Waals surface area contributed by atoms with Crippen molar-refractivity contribution in [2.24, 2.45) is 0 Å². The largest absolute Gasteiger partial charge is 0.339 e. The van der Waals surface area contributed by atoms with Crippen molar-refractivity contribution in [1.82, 2.24) is 9.88 Å². The zero-order valence-electron chi connectivity index (χ0n) is 15.4. The van der Waals surface area contributed by atoms with Crippen LogP contribution in [0.1, 0.15) is 58.0 Å². The van der Waals surface area contributed by atoms with Crippen molar-refractivity contribution in [2.45, 2.75) is 39.5 Å². The van der Waals surface area contributed by atoms with E-state index in [1.165, 1.54) is 12.6 Å². The summed E-state index contributed by atoms with van der Waals surface area (Å²) in [4.78, 5) is 31.3. The first-order valence-corrected chi connectivity index (χ1v) is 9.24. The maximum absolute atomic E-state index is 12.7. The maximum Gasteiger partial charge on any atom is 0.257 e. The van der Waals surface area contributed by atoms with E-state index in [9.17, 15) is 9.59 Å². The van der Waals surface area contributed by atoms with Gasteiger partial charge in [0.1, 0.15) is 0 Å². The Labute approximate surface area is 154 Å². The van der Waals surface area contributed by atoms with Crippen molar-refractivity contribution < 1.29 is 9.59 Å². The van der Waals surface area contributed by atoms with Gasteiger partial charge in [-0.15, -0.1) is 0 Å². The van der Waals surface area contributed by atoms with Gasteiger partial charge in [-0.3, -0.25) is 14.6 Å². The number of hydrogen-bond acceptors (Lipinski definition) is 3. The smallest absolute Gasteiger partial charge is 0.257 e. The number of piperidine rings is 1. The number of aromatic nitrogens is 1. The van der Waals surface area contributed by atoms with E-state index < -0.39 is 0 Å². The fraction of sp³-hybridized carbons (Fsp3) is 0.381. The Hall–Kier alpha value is -2.69. The first kappa shape index (κ1) is 18.1. The van der Waals surface area contributed by atoms with Gasteiger partial charge >= 0.3 is 0 Å². The van der Waals surface area contributed by atoms with Crippen molar-refractivity contribution in [2.75, 3.05) is 18.4 Å². The Balaban J connectivity index is 1.79. The highest BCUT2D eigenvalue weighted by atomic mass is 16.2. The first-order valence-electron chi connectivity index (χ1n) is 9.24. The summed E-state index contributed by atoms with van der Waals surface area (Å²) < 4.78 is 0. The van der Waals surface area contributed by atoms with Crippen molar-refractivity contribution >= 4 is 17.5 Å². The third-order valence-electron chi connectivity index (χ3n) is 4.87. The van der Waals surface area contributed by atoms with Crippen LogP contribution in [0.4, 0.5) is 5.69 Å². The lowest BCUT2D eigenvalue weighted by Gasteiger charge is -2.26. The minimum Gasteiger partial charge on any atom is -0.339 e. The van der Waals surface area contributed by atoms with E-state index in [2.05, 4.69) is 17.2 Å². The molecule has 0 bridgehead atoms. The summed E-state index contributed by atoms with van der Waals surface area (Å²) in [6, 6.07) is 7.62. The number of rotatable bonds is 4. The van der Waals surface area contributed by atoms with E-state index >= 15 is 0 Å². The van der Waals surface area contributed by atoms with Crippen LogP contribution in [0.2, 0.25) is 0 Å². The lowest BCUT2D eigenvalue weighted by molar-refractivity contribution is 0.0724. The fourth-order valence-electron chi connectivity index (χ4n) is 3.35. The van der Waals surface area contributed by atoms with Crippen molar-refractivity contribution in [1.29, 1.82) is 0 Å². The molecule has 2 amide bonds. The second kappa shape index (κ2) is 8.13. The normalized spacial score (nSPS) is 14.2. The van der Waals surface area contributed by atoms with E-state index in [0.29, 0.717) is 11.1 Å². The summed E-state index contributed by atoms with van der Waals surface area (Å²) in [6.45, 7) is 5.59. The Morgan fingerprint density at radius 2 is 1.85 bits per heavy atom. The molecule has 26 heavy (non-hydrogen) atoms. The lowest BCUT2D eigenvalue weighted by atomic mass is 10.1. The van der Waals surface area contributed by atoms with Crippen LogP contribution in [-0.2, 0) is 6.42 Å². The van der Waals surface area contributed by atoms with Gasteiger partial charge in [0.15, 0.2) is 0 Å². The summed E-state index contributed by atoms with van der Waals surface area (Å²) in [7, 11) is 0. The van der Waals surface area contributed by atoms with E-state index in [1.54, 1.807) is 12.3 Å². The highest BCUT2D eigenvalue weighted by Gasteiger charge is 2.20. The Morgan fingerprint density at radius 1 is 1.12 bits per heavy atom. The molecule has 0 aliphatic carbocycles. The van der Waals surface area contributed by atoms with E-state index in [4.69, 9.17) is 0 Å².